The second-order valence-corrected chi connectivity index (χ2v) is 4.53. The number of hydrogen-bond donors (Lipinski definition) is 1. The van der Waals surface area contributed by atoms with Gasteiger partial charge in [0.15, 0.2) is 0 Å². The van der Waals surface area contributed by atoms with E-state index < -0.39 is 0 Å². The summed E-state index contributed by atoms with van der Waals surface area (Å²) >= 11 is 0. The van der Waals surface area contributed by atoms with Gasteiger partial charge in [-0.05, 0) is 40.0 Å². The number of hydrogen-bond acceptors (Lipinski definition) is 3. The molecule has 0 saturated carbocycles. The molecule has 0 spiro atoms. The van der Waals surface area contributed by atoms with Crippen molar-refractivity contribution in [3.63, 3.8) is 0 Å². The van der Waals surface area contributed by atoms with Crippen LogP contribution in [0.15, 0.2) is 0 Å². The van der Waals surface area contributed by atoms with E-state index in [1.807, 2.05) is 34.6 Å². The molecule has 1 N–H and O–H groups in total. The third-order valence-corrected chi connectivity index (χ3v) is 2.01. The molecule has 1 heterocycles. The van der Waals surface area contributed by atoms with Crippen molar-refractivity contribution in [3.8, 4) is 0 Å². The molecule has 0 aromatic carbocycles. The van der Waals surface area contributed by atoms with Gasteiger partial charge in [0.05, 0.1) is 0 Å². The van der Waals surface area contributed by atoms with E-state index in [9.17, 15) is 4.79 Å². The second kappa shape index (κ2) is 10.4. The van der Waals surface area contributed by atoms with Gasteiger partial charge in [0.2, 0.25) is 0 Å². The molecular formula is C13H29NO3. The predicted octanol–water partition coefficient (Wildman–Crippen LogP) is 3.04. The van der Waals surface area contributed by atoms with Crippen molar-refractivity contribution in [1.29, 1.82) is 0 Å². The van der Waals surface area contributed by atoms with E-state index in [1.165, 1.54) is 6.42 Å². The first-order chi connectivity index (χ1) is 7.99. The Balaban J connectivity index is 0. The first-order valence-electron chi connectivity index (χ1n) is 6.42. The van der Waals surface area contributed by atoms with Gasteiger partial charge in [-0.1, -0.05) is 13.8 Å². The van der Waals surface area contributed by atoms with Gasteiger partial charge in [0, 0.05) is 20.2 Å². The Labute approximate surface area is 106 Å². The number of rotatable bonds is 0. The lowest BCUT2D eigenvalue weighted by atomic mass is 10.1. The maximum atomic E-state index is 11.5. The molecule has 17 heavy (non-hydrogen) atoms. The van der Waals surface area contributed by atoms with E-state index >= 15 is 0 Å². The highest BCUT2D eigenvalue weighted by Gasteiger charge is 2.22. The van der Waals surface area contributed by atoms with Gasteiger partial charge in [0.25, 0.3) is 0 Å². The fraction of sp³-hybridized carbons (Fsp3) is 0.923. The molecule has 4 heteroatoms. The molecule has 1 rings (SSSR count). The van der Waals surface area contributed by atoms with Crippen molar-refractivity contribution in [2.45, 2.75) is 59.5 Å². The van der Waals surface area contributed by atoms with Crippen LogP contribution in [-0.2, 0) is 4.74 Å². The Bertz CT molecular complexity index is 182. The maximum absolute atomic E-state index is 11.5. The number of amides is 1. The Hall–Kier alpha value is -0.770. The van der Waals surface area contributed by atoms with Crippen LogP contribution in [0.2, 0.25) is 0 Å². The van der Waals surface area contributed by atoms with Crippen molar-refractivity contribution >= 4 is 6.09 Å². The normalized spacial score (nSPS) is 14.9. The lowest BCUT2D eigenvalue weighted by Crippen LogP contribution is -2.39. The smallest absolute Gasteiger partial charge is 0.410 e. The molecule has 1 amide bonds. The third kappa shape index (κ3) is 10.1. The number of ether oxygens (including phenoxy) is 1. The molecule has 0 unspecified atom stereocenters. The summed E-state index contributed by atoms with van der Waals surface area (Å²) in [5.41, 5.74) is -0.367. The van der Waals surface area contributed by atoms with E-state index in [4.69, 9.17) is 9.84 Å². The molecule has 0 bridgehead atoms. The molecule has 1 saturated heterocycles. The van der Waals surface area contributed by atoms with Gasteiger partial charge in [0.1, 0.15) is 5.60 Å². The van der Waals surface area contributed by atoms with Crippen molar-refractivity contribution in [1.82, 2.24) is 4.90 Å². The van der Waals surface area contributed by atoms with E-state index in [0.29, 0.717) is 0 Å². The molecule has 0 aliphatic carbocycles. The number of aliphatic hydroxyl groups excluding tert-OH is 1. The largest absolute Gasteiger partial charge is 0.444 e. The average molecular weight is 247 g/mol. The van der Waals surface area contributed by atoms with Crippen LogP contribution in [0, 0.1) is 0 Å². The predicted molar refractivity (Wildman–Crippen MR) is 71.1 cm³/mol. The average Bonchev–Trinajstić information content (AvgIpc) is 2.33. The van der Waals surface area contributed by atoms with E-state index in [0.717, 1.165) is 33.0 Å². The molecule has 4 nitrogen and oxygen atoms in total. The topological polar surface area (TPSA) is 49.8 Å². The summed E-state index contributed by atoms with van der Waals surface area (Å²) in [7, 11) is 1.00. The summed E-state index contributed by atoms with van der Waals surface area (Å²) in [5, 5.41) is 7.00. The molecule has 1 aliphatic rings. The molecule has 0 aromatic heterocycles. The first kappa shape index (κ1) is 18.6. The Morgan fingerprint density at radius 1 is 1.06 bits per heavy atom. The fourth-order valence-electron chi connectivity index (χ4n) is 1.40. The molecule has 0 atom stereocenters. The summed E-state index contributed by atoms with van der Waals surface area (Å²) in [5.74, 6) is 0. The second-order valence-electron chi connectivity index (χ2n) is 4.53. The van der Waals surface area contributed by atoms with Crippen molar-refractivity contribution < 1.29 is 14.6 Å². The van der Waals surface area contributed by atoms with Crippen molar-refractivity contribution in [2.24, 2.45) is 0 Å². The summed E-state index contributed by atoms with van der Waals surface area (Å²) < 4.78 is 5.26. The molecular weight excluding hydrogens is 218 g/mol. The minimum atomic E-state index is -0.367. The lowest BCUT2D eigenvalue weighted by Gasteiger charge is -2.29. The standard InChI is InChI=1S/C10H19NO2.C2H6.CH4O/c1-10(2,3)13-9(12)11-7-5-4-6-8-11;2*1-2/h4-8H2,1-3H3;1-2H3;2H,1H3. The zero-order valence-electron chi connectivity index (χ0n) is 12.2. The van der Waals surface area contributed by atoms with Gasteiger partial charge in [-0.3, -0.25) is 0 Å². The molecule has 1 fully saturated rings. The quantitative estimate of drug-likeness (QED) is 0.715. The van der Waals surface area contributed by atoms with Crippen molar-refractivity contribution in [3.05, 3.63) is 0 Å². The summed E-state index contributed by atoms with van der Waals surface area (Å²) in [6, 6.07) is 0. The highest BCUT2D eigenvalue weighted by Crippen LogP contribution is 2.14. The highest BCUT2D eigenvalue weighted by atomic mass is 16.6. The number of likely N-dealkylation sites (tertiary alicyclic amines) is 1. The minimum Gasteiger partial charge on any atom is -0.444 e. The van der Waals surface area contributed by atoms with Crippen LogP contribution in [0.1, 0.15) is 53.9 Å². The van der Waals surface area contributed by atoms with E-state index in [1.54, 1.807) is 4.90 Å². The van der Waals surface area contributed by atoms with Gasteiger partial charge < -0.3 is 14.7 Å². The van der Waals surface area contributed by atoms with Crippen LogP contribution < -0.4 is 0 Å². The van der Waals surface area contributed by atoms with Crippen LogP contribution in [0.3, 0.4) is 0 Å². The fourth-order valence-corrected chi connectivity index (χ4v) is 1.40. The zero-order chi connectivity index (χ0) is 13.9. The van der Waals surface area contributed by atoms with Crippen molar-refractivity contribution in [2.75, 3.05) is 20.2 Å². The number of nitrogens with zero attached hydrogens (tertiary/aromatic N) is 1. The third-order valence-electron chi connectivity index (χ3n) is 2.01. The SMILES string of the molecule is CC.CC(C)(C)OC(=O)N1CCCCC1.CO. The zero-order valence-corrected chi connectivity index (χ0v) is 12.2. The van der Waals surface area contributed by atoms with E-state index in [2.05, 4.69) is 0 Å². The van der Waals surface area contributed by atoms with Gasteiger partial charge in [-0.15, -0.1) is 0 Å². The summed E-state index contributed by atoms with van der Waals surface area (Å²) in [4.78, 5) is 13.3. The molecule has 104 valence electrons. The number of piperidine rings is 1. The van der Waals surface area contributed by atoms with Gasteiger partial charge >= 0.3 is 6.09 Å². The Kier molecular flexibility index (Phi) is 11.4. The number of carbonyl (C=O) groups is 1. The first-order valence-corrected chi connectivity index (χ1v) is 6.42. The maximum Gasteiger partial charge on any atom is 0.410 e. The lowest BCUT2D eigenvalue weighted by molar-refractivity contribution is 0.0216. The highest BCUT2D eigenvalue weighted by molar-refractivity contribution is 5.68. The van der Waals surface area contributed by atoms with Crippen LogP contribution in [0.25, 0.3) is 0 Å². The minimum absolute atomic E-state index is 0.160. The van der Waals surface area contributed by atoms with Crippen LogP contribution >= 0.6 is 0 Å². The van der Waals surface area contributed by atoms with Gasteiger partial charge in [-0.25, -0.2) is 4.79 Å². The molecule has 1 aliphatic heterocycles. The van der Waals surface area contributed by atoms with Crippen LogP contribution in [0.5, 0.6) is 0 Å². The Morgan fingerprint density at radius 3 is 1.82 bits per heavy atom. The monoisotopic (exact) mass is 247 g/mol. The van der Waals surface area contributed by atoms with E-state index in [-0.39, 0.29) is 11.7 Å². The summed E-state index contributed by atoms with van der Waals surface area (Å²) in [6.07, 6.45) is 3.30. The summed E-state index contributed by atoms with van der Waals surface area (Å²) in [6.45, 7) is 11.4. The molecule has 0 aromatic rings. The van der Waals surface area contributed by atoms with Crippen LogP contribution in [-0.4, -0.2) is 41.9 Å². The molecule has 0 radical (unpaired) electrons. The Morgan fingerprint density at radius 2 is 1.47 bits per heavy atom. The number of aliphatic hydroxyl groups is 1. The number of carbonyl (C=O) groups excluding carboxylic acids is 1. The van der Waals surface area contributed by atoms with Gasteiger partial charge in [-0.2, -0.15) is 0 Å². The van der Waals surface area contributed by atoms with Crippen LogP contribution in [0.4, 0.5) is 4.79 Å².